The SMILES string of the molecule is CC(C)COC(=O)c1ccc(Nc2ncnc3sc4c(c23)CCC(C)C4)cc1.Cl. The Hall–Kier alpha value is -2.18. The van der Waals surface area contributed by atoms with Crippen LogP contribution in [0.25, 0.3) is 10.2 Å². The van der Waals surface area contributed by atoms with Gasteiger partial charge in [-0.2, -0.15) is 0 Å². The van der Waals surface area contributed by atoms with Gasteiger partial charge in [0.25, 0.3) is 0 Å². The van der Waals surface area contributed by atoms with Gasteiger partial charge < -0.3 is 10.1 Å². The molecule has 4 rings (SSSR count). The third kappa shape index (κ3) is 4.70. The summed E-state index contributed by atoms with van der Waals surface area (Å²) in [6, 6.07) is 7.35. The van der Waals surface area contributed by atoms with E-state index < -0.39 is 0 Å². The van der Waals surface area contributed by atoms with Gasteiger partial charge in [-0.05, 0) is 60.9 Å². The minimum Gasteiger partial charge on any atom is -0.462 e. The van der Waals surface area contributed by atoms with Gasteiger partial charge in [0.15, 0.2) is 0 Å². The summed E-state index contributed by atoms with van der Waals surface area (Å²) in [5.74, 6) is 1.61. The second kappa shape index (κ2) is 9.09. The van der Waals surface area contributed by atoms with Crippen LogP contribution in [-0.2, 0) is 17.6 Å². The fourth-order valence-electron chi connectivity index (χ4n) is 3.52. The maximum absolute atomic E-state index is 12.1. The second-order valence-electron chi connectivity index (χ2n) is 7.95. The highest BCUT2D eigenvalue weighted by molar-refractivity contribution is 7.19. The molecule has 0 fully saturated rings. The number of anilines is 2. The lowest BCUT2D eigenvalue weighted by molar-refractivity contribution is 0.0459. The number of thiophene rings is 1. The molecular formula is C22H26ClN3O2S. The van der Waals surface area contributed by atoms with Gasteiger partial charge in [-0.15, -0.1) is 23.7 Å². The van der Waals surface area contributed by atoms with Crippen LogP contribution in [-0.4, -0.2) is 22.5 Å². The molecule has 1 aliphatic rings. The van der Waals surface area contributed by atoms with E-state index in [1.165, 1.54) is 16.9 Å². The van der Waals surface area contributed by atoms with Crippen LogP contribution in [0.4, 0.5) is 11.5 Å². The molecule has 7 heteroatoms. The van der Waals surface area contributed by atoms with E-state index in [1.54, 1.807) is 29.8 Å². The van der Waals surface area contributed by atoms with E-state index in [2.05, 4.69) is 22.2 Å². The predicted octanol–water partition coefficient (Wildman–Crippen LogP) is 5.79. The number of ether oxygens (including phenoxy) is 1. The molecule has 0 saturated carbocycles. The number of rotatable bonds is 5. The van der Waals surface area contributed by atoms with Gasteiger partial charge in [0, 0.05) is 10.6 Å². The minimum absolute atomic E-state index is 0. The highest BCUT2D eigenvalue weighted by Crippen LogP contribution is 2.40. The van der Waals surface area contributed by atoms with E-state index in [0.717, 1.165) is 40.5 Å². The summed E-state index contributed by atoms with van der Waals surface area (Å²) >= 11 is 1.79. The van der Waals surface area contributed by atoms with Gasteiger partial charge in [0.2, 0.25) is 0 Å². The van der Waals surface area contributed by atoms with Crippen molar-refractivity contribution < 1.29 is 9.53 Å². The number of hydrogen-bond donors (Lipinski definition) is 1. The number of carbonyl (C=O) groups is 1. The molecule has 1 N–H and O–H groups in total. The van der Waals surface area contributed by atoms with Crippen LogP contribution in [0, 0.1) is 11.8 Å². The lowest BCUT2D eigenvalue weighted by Crippen LogP contribution is -2.10. The summed E-state index contributed by atoms with van der Waals surface area (Å²) in [5.41, 5.74) is 2.85. The van der Waals surface area contributed by atoms with E-state index in [4.69, 9.17) is 4.74 Å². The molecule has 1 atom stereocenters. The molecule has 2 heterocycles. The standard InChI is InChI=1S/C22H25N3O2S.ClH/c1-13(2)11-27-22(26)15-5-7-16(8-6-15)25-20-19-17-9-4-14(3)10-18(17)28-21(19)24-12-23-20;/h5-8,12-14H,4,9-11H2,1-3H3,(H,23,24,25);1H. The smallest absolute Gasteiger partial charge is 0.338 e. The zero-order chi connectivity index (χ0) is 19.7. The second-order valence-corrected chi connectivity index (χ2v) is 9.03. The molecular weight excluding hydrogens is 406 g/mol. The van der Waals surface area contributed by atoms with Gasteiger partial charge in [-0.25, -0.2) is 14.8 Å². The van der Waals surface area contributed by atoms with Gasteiger partial charge in [0.1, 0.15) is 17.0 Å². The quantitative estimate of drug-likeness (QED) is 0.517. The summed E-state index contributed by atoms with van der Waals surface area (Å²) in [5, 5.41) is 4.56. The minimum atomic E-state index is -0.286. The van der Waals surface area contributed by atoms with Gasteiger partial charge in [-0.1, -0.05) is 20.8 Å². The van der Waals surface area contributed by atoms with E-state index in [9.17, 15) is 4.79 Å². The first-order valence-electron chi connectivity index (χ1n) is 9.80. The molecule has 2 aromatic heterocycles. The summed E-state index contributed by atoms with van der Waals surface area (Å²) < 4.78 is 5.29. The lowest BCUT2D eigenvalue weighted by atomic mass is 9.89. The van der Waals surface area contributed by atoms with Crippen molar-refractivity contribution in [2.24, 2.45) is 11.8 Å². The molecule has 1 aliphatic carbocycles. The maximum Gasteiger partial charge on any atom is 0.338 e. The number of esters is 1. The van der Waals surface area contributed by atoms with Crippen LogP contribution in [0.2, 0.25) is 0 Å². The van der Waals surface area contributed by atoms with Crippen molar-refractivity contribution in [3.63, 3.8) is 0 Å². The van der Waals surface area contributed by atoms with Crippen LogP contribution < -0.4 is 5.32 Å². The molecule has 1 unspecified atom stereocenters. The van der Waals surface area contributed by atoms with Crippen molar-refractivity contribution >= 4 is 51.4 Å². The van der Waals surface area contributed by atoms with E-state index in [1.807, 2.05) is 26.0 Å². The number of carbonyl (C=O) groups excluding carboxylic acids is 1. The number of nitrogens with one attached hydrogen (secondary N) is 1. The average Bonchev–Trinajstić information content (AvgIpc) is 3.05. The third-order valence-electron chi connectivity index (χ3n) is 5.02. The number of hydrogen-bond acceptors (Lipinski definition) is 6. The van der Waals surface area contributed by atoms with E-state index >= 15 is 0 Å². The lowest BCUT2D eigenvalue weighted by Gasteiger charge is -2.18. The van der Waals surface area contributed by atoms with Crippen LogP contribution >= 0.6 is 23.7 Å². The zero-order valence-corrected chi connectivity index (χ0v) is 18.5. The molecule has 0 saturated heterocycles. The molecule has 0 spiro atoms. The maximum atomic E-state index is 12.1. The monoisotopic (exact) mass is 431 g/mol. The predicted molar refractivity (Wildman–Crippen MR) is 121 cm³/mol. The van der Waals surface area contributed by atoms with E-state index in [-0.39, 0.29) is 18.4 Å². The Morgan fingerprint density at radius 2 is 2.03 bits per heavy atom. The number of aryl methyl sites for hydroxylation is 1. The first-order valence-corrected chi connectivity index (χ1v) is 10.6. The molecule has 1 aromatic carbocycles. The number of benzene rings is 1. The molecule has 0 bridgehead atoms. The van der Waals surface area contributed by atoms with Crippen molar-refractivity contribution in [2.75, 3.05) is 11.9 Å². The van der Waals surface area contributed by atoms with Gasteiger partial charge in [-0.3, -0.25) is 0 Å². The van der Waals surface area contributed by atoms with Crippen LogP contribution in [0.3, 0.4) is 0 Å². The molecule has 0 aliphatic heterocycles. The molecule has 29 heavy (non-hydrogen) atoms. The van der Waals surface area contributed by atoms with Crippen molar-refractivity contribution in [3.8, 4) is 0 Å². The van der Waals surface area contributed by atoms with E-state index in [0.29, 0.717) is 18.1 Å². The summed E-state index contributed by atoms with van der Waals surface area (Å²) in [7, 11) is 0. The number of halogens is 1. The van der Waals surface area contributed by atoms with Gasteiger partial charge in [0.05, 0.1) is 17.6 Å². The fraction of sp³-hybridized carbons (Fsp3) is 0.409. The zero-order valence-electron chi connectivity index (χ0n) is 16.9. The molecule has 154 valence electrons. The topological polar surface area (TPSA) is 64.1 Å². The average molecular weight is 432 g/mol. The number of aromatic nitrogens is 2. The van der Waals surface area contributed by atoms with Crippen molar-refractivity contribution in [3.05, 3.63) is 46.6 Å². The highest BCUT2D eigenvalue weighted by atomic mass is 35.5. The van der Waals surface area contributed by atoms with Crippen LogP contribution in [0.1, 0.15) is 48.0 Å². The first-order chi connectivity index (χ1) is 13.5. The normalized spacial score (nSPS) is 15.7. The molecule has 5 nitrogen and oxygen atoms in total. The number of fused-ring (bicyclic) bond motifs is 3. The highest BCUT2D eigenvalue weighted by Gasteiger charge is 2.23. The molecule has 3 aromatic rings. The third-order valence-corrected chi connectivity index (χ3v) is 6.19. The Balaban J connectivity index is 0.00000240. The first kappa shape index (κ1) is 21.5. The summed E-state index contributed by atoms with van der Waals surface area (Å²) in [4.78, 5) is 23.6. The molecule has 0 amide bonds. The molecule has 0 radical (unpaired) electrons. The van der Waals surface area contributed by atoms with Crippen molar-refractivity contribution in [1.82, 2.24) is 9.97 Å². The Kier molecular flexibility index (Phi) is 6.75. The van der Waals surface area contributed by atoms with Crippen LogP contribution in [0.5, 0.6) is 0 Å². The van der Waals surface area contributed by atoms with Crippen molar-refractivity contribution in [2.45, 2.75) is 40.0 Å². The van der Waals surface area contributed by atoms with Gasteiger partial charge >= 0.3 is 5.97 Å². The Bertz CT molecular complexity index is 1000. The summed E-state index contributed by atoms with van der Waals surface area (Å²) in [6.07, 6.45) is 5.04. The Labute approximate surface area is 181 Å². The van der Waals surface area contributed by atoms with Crippen LogP contribution in [0.15, 0.2) is 30.6 Å². The van der Waals surface area contributed by atoms with Crippen molar-refractivity contribution in [1.29, 1.82) is 0 Å². The summed E-state index contributed by atoms with van der Waals surface area (Å²) in [6.45, 7) is 6.78. The Morgan fingerprint density at radius 1 is 1.28 bits per heavy atom. The fourth-order valence-corrected chi connectivity index (χ4v) is 4.87. The largest absolute Gasteiger partial charge is 0.462 e. The number of nitrogens with zero attached hydrogens (tertiary/aromatic N) is 2. The Morgan fingerprint density at radius 3 is 2.76 bits per heavy atom.